The van der Waals surface area contributed by atoms with Gasteiger partial charge in [-0.2, -0.15) is 4.98 Å². The van der Waals surface area contributed by atoms with Crippen molar-refractivity contribution in [1.82, 2.24) is 19.9 Å². The first-order chi connectivity index (χ1) is 18.9. The smallest absolute Gasteiger partial charge is 0.303 e. The summed E-state index contributed by atoms with van der Waals surface area (Å²) >= 11 is 0. The lowest BCUT2D eigenvalue weighted by Gasteiger charge is -2.47. The fourth-order valence-electron chi connectivity index (χ4n) is 5.43. The van der Waals surface area contributed by atoms with Crippen molar-refractivity contribution in [2.45, 2.75) is 51.4 Å². The molecule has 5 rings (SSSR count). The molecule has 0 spiro atoms. The number of nitrogens with zero attached hydrogens (tertiary/aromatic N) is 4. The second-order valence-corrected chi connectivity index (χ2v) is 10.3. The van der Waals surface area contributed by atoms with Crippen molar-refractivity contribution in [3.63, 3.8) is 0 Å². The van der Waals surface area contributed by atoms with Gasteiger partial charge in [0.1, 0.15) is 5.75 Å². The molecule has 39 heavy (non-hydrogen) atoms. The Balaban J connectivity index is 1.44. The zero-order chi connectivity index (χ0) is 27.4. The number of aliphatic carboxylic acids is 1. The summed E-state index contributed by atoms with van der Waals surface area (Å²) in [6.45, 7) is 7.23. The van der Waals surface area contributed by atoms with E-state index in [4.69, 9.17) is 9.63 Å². The molecule has 1 fully saturated rings. The second kappa shape index (κ2) is 11.8. The van der Waals surface area contributed by atoms with Crippen LogP contribution < -0.4 is 0 Å². The molecule has 0 unspecified atom stereocenters. The zero-order valence-corrected chi connectivity index (χ0v) is 22.3. The molecule has 1 aliphatic heterocycles. The van der Waals surface area contributed by atoms with Crippen LogP contribution in [0.25, 0.3) is 11.4 Å². The third-order valence-electron chi connectivity index (χ3n) is 7.39. The van der Waals surface area contributed by atoms with Crippen LogP contribution in [0.15, 0.2) is 83.4 Å². The molecule has 8 heteroatoms. The highest BCUT2D eigenvalue weighted by Crippen LogP contribution is 2.36. The van der Waals surface area contributed by atoms with Gasteiger partial charge in [-0.1, -0.05) is 65.8 Å². The molecule has 1 aromatic heterocycles. The van der Waals surface area contributed by atoms with Gasteiger partial charge in [-0.05, 0) is 48.7 Å². The Morgan fingerprint density at radius 1 is 0.974 bits per heavy atom. The Hall–Kier alpha value is -4.01. The minimum atomic E-state index is -0.905. The molecule has 202 valence electrons. The Morgan fingerprint density at radius 3 is 2.46 bits per heavy atom. The molecule has 8 nitrogen and oxygen atoms in total. The lowest BCUT2D eigenvalue weighted by Crippen LogP contribution is -2.56. The Bertz CT molecular complexity index is 1410. The van der Waals surface area contributed by atoms with E-state index in [2.05, 4.69) is 76.3 Å². The van der Waals surface area contributed by atoms with Gasteiger partial charge in [0.15, 0.2) is 0 Å². The summed E-state index contributed by atoms with van der Waals surface area (Å²) < 4.78 is 5.30. The first kappa shape index (κ1) is 26.6. The quantitative estimate of drug-likeness (QED) is 0.309. The SMILES string of the molecule is C[C@@H]1CN([C@@H](c2cccc(O)c2)c2cccc(-c3noc(CCC(=O)O)n3)c2)[C@@H](C)CN1Cc1ccccc1. The molecular weight excluding hydrogens is 492 g/mol. The molecule has 4 aromatic rings. The van der Waals surface area contributed by atoms with E-state index in [9.17, 15) is 9.90 Å². The van der Waals surface area contributed by atoms with Crippen molar-refractivity contribution >= 4 is 5.97 Å². The first-order valence-electron chi connectivity index (χ1n) is 13.3. The monoisotopic (exact) mass is 526 g/mol. The summed E-state index contributed by atoms with van der Waals surface area (Å²) in [7, 11) is 0. The molecule has 0 aliphatic carbocycles. The first-order valence-corrected chi connectivity index (χ1v) is 13.3. The third kappa shape index (κ3) is 6.35. The lowest BCUT2D eigenvalue weighted by atomic mass is 9.92. The van der Waals surface area contributed by atoms with E-state index in [1.54, 1.807) is 6.07 Å². The van der Waals surface area contributed by atoms with E-state index in [1.807, 2.05) is 30.3 Å². The predicted octanol–water partition coefficient (Wildman–Crippen LogP) is 5.14. The summed E-state index contributed by atoms with van der Waals surface area (Å²) in [6, 6.07) is 26.6. The number of phenolic OH excluding ortho intramolecular Hbond substituents is 1. The molecule has 1 saturated heterocycles. The fraction of sp³-hybridized carbons (Fsp3) is 0.323. The number of phenols is 1. The maximum absolute atomic E-state index is 10.9. The lowest BCUT2D eigenvalue weighted by molar-refractivity contribution is -0.137. The summed E-state index contributed by atoms with van der Waals surface area (Å²) in [5, 5.41) is 23.4. The van der Waals surface area contributed by atoms with Crippen molar-refractivity contribution in [2.24, 2.45) is 0 Å². The number of piperazine rings is 1. The van der Waals surface area contributed by atoms with Crippen LogP contribution in [0.4, 0.5) is 0 Å². The van der Waals surface area contributed by atoms with Crippen LogP contribution in [0.1, 0.15) is 48.9 Å². The van der Waals surface area contributed by atoms with Crippen molar-refractivity contribution in [2.75, 3.05) is 13.1 Å². The van der Waals surface area contributed by atoms with Crippen molar-refractivity contribution in [3.8, 4) is 17.1 Å². The van der Waals surface area contributed by atoms with E-state index >= 15 is 0 Å². The standard InChI is InChI=1S/C31H34N4O4/c1-21-19-35(22(2)18-34(21)20-23-8-4-3-5-9-23)30(25-11-7-13-27(36)17-25)24-10-6-12-26(16-24)31-32-28(39-33-31)14-15-29(37)38/h3-13,16-17,21-22,30,36H,14-15,18-20H2,1-2H3,(H,37,38)/t21-,22+,30-/m1/s1. The number of carboxylic acid groups (broad SMARTS) is 1. The minimum absolute atomic E-state index is 0.0619. The van der Waals surface area contributed by atoms with E-state index < -0.39 is 5.97 Å². The molecular formula is C31H34N4O4. The van der Waals surface area contributed by atoms with Gasteiger partial charge in [0.25, 0.3) is 0 Å². The van der Waals surface area contributed by atoms with Crippen LogP contribution in [0.3, 0.4) is 0 Å². The molecule has 0 amide bonds. The number of rotatable bonds is 9. The molecule has 3 atom stereocenters. The molecule has 0 bridgehead atoms. The van der Waals surface area contributed by atoms with E-state index in [-0.39, 0.29) is 30.7 Å². The van der Waals surface area contributed by atoms with Crippen molar-refractivity contribution in [3.05, 3.63) is 101 Å². The highest BCUT2D eigenvalue weighted by Gasteiger charge is 2.35. The number of hydrogen-bond acceptors (Lipinski definition) is 7. The van der Waals surface area contributed by atoms with Crippen LogP contribution in [0.5, 0.6) is 5.75 Å². The van der Waals surface area contributed by atoms with Crippen LogP contribution >= 0.6 is 0 Å². The average molecular weight is 527 g/mol. The molecule has 2 heterocycles. The molecule has 2 N–H and O–H groups in total. The molecule has 0 radical (unpaired) electrons. The Morgan fingerprint density at radius 2 is 1.72 bits per heavy atom. The second-order valence-electron chi connectivity index (χ2n) is 10.3. The number of aromatic hydroxyl groups is 1. The molecule has 0 saturated carbocycles. The van der Waals surface area contributed by atoms with Gasteiger partial charge in [-0.3, -0.25) is 14.6 Å². The summed E-state index contributed by atoms with van der Waals surface area (Å²) in [5.74, 6) is 0.0662. The summed E-state index contributed by atoms with van der Waals surface area (Å²) in [6.07, 6.45) is 0.129. The van der Waals surface area contributed by atoms with Crippen molar-refractivity contribution in [1.29, 1.82) is 0 Å². The zero-order valence-electron chi connectivity index (χ0n) is 22.3. The summed E-state index contributed by atoms with van der Waals surface area (Å²) in [4.78, 5) is 20.4. The van der Waals surface area contributed by atoms with Crippen LogP contribution in [0, 0.1) is 0 Å². The van der Waals surface area contributed by atoms with Gasteiger partial charge < -0.3 is 14.7 Å². The summed E-state index contributed by atoms with van der Waals surface area (Å²) in [5.41, 5.74) is 4.18. The van der Waals surface area contributed by atoms with Crippen LogP contribution in [0.2, 0.25) is 0 Å². The van der Waals surface area contributed by atoms with Gasteiger partial charge in [-0.25, -0.2) is 0 Å². The van der Waals surface area contributed by atoms with Crippen LogP contribution in [-0.4, -0.2) is 61.3 Å². The van der Waals surface area contributed by atoms with Crippen molar-refractivity contribution < 1.29 is 19.5 Å². The maximum Gasteiger partial charge on any atom is 0.303 e. The number of carbonyl (C=O) groups is 1. The maximum atomic E-state index is 10.9. The van der Waals surface area contributed by atoms with Gasteiger partial charge in [0.2, 0.25) is 11.7 Å². The van der Waals surface area contributed by atoms with Gasteiger partial charge in [-0.15, -0.1) is 0 Å². The highest BCUT2D eigenvalue weighted by molar-refractivity contribution is 5.66. The van der Waals surface area contributed by atoms with Crippen LogP contribution in [-0.2, 0) is 17.8 Å². The molecule has 1 aliphatic rings. The number of aryl methyl sites for hydroxylation is 1. The predicted molar refractivity (Wildman–Crippen MR) is 148 cm³/mol. The van der Waals surface area contributed by atoms with Gasteiger partial charge >= 0.3 is 5.97 Å². The Kier molecular flexibility index (Phi) is 8.05. The highest BCUT2D eigenvalue weighted by atomic mass is 16.5. The van der Waals surface area contributed by atoms with E-state index in [1.165, 1.54) is 5.56 Å². The number of carboxylic acids is 1. The van der Waals surface area contributed by atoms with Gasteiger partial charge in [0.05, 0.1) is 12.5 Å². The Labute approximate surface area is 228 Å². The largest absolute Gasteiger partial charge is 0.508 e. The number of aromatic nitrogens is 2. The topological polar surface area (TPSA) is 103 Å². The fourth-order valence-corrected chi connectivity index (χ4v) is 5.43. The van der Waals surface area contributed by atoms with E-state index in [0.29, 0.717) is 17.8 Å². The normalized spacial score (nSPS) is 19.1. The van der Waals surface area contributed by atoms with E-state index in [0.717, 1.165) is 36.3 Å². The number of benzene rings is 3. The van der Waals surface area contributed by atoms with Gasteiger partial charge in [0, 0.05) is 43.7 Å². The number of hydrogen-bond donors (Lipinski definition) is 2. The minimum Gasteiger partial charge on any atom is -0.508 e. The molecule has 3 aromatic carbocycles. The third-order valence-corrected chi connectivity index (χ3v) is 7.39. The average Bonchev–Trinajstić information content (AvgIpc) is 3.40.